The molecule has 0 aliphatic carbocycles. The summed E-state index contributed by atoms with van der Waals surface area (Å²) in [6.45, 7) is 2.21. The van der Waals surface area contributed by atoms with Crippen molar-refractivity contribution in [2.45, 2.75) is 24.5 Å². The highest BCUT2D eigenvalue weighted by molar-refractivity contribution is 7.98. The second-order valence-electron chi connectivity index (χ2n) is 5.98. The summed E-state index contributed by atoms with van der Waals surface area (Å²) in [4.78, 5) is 4.22. The molecule has 0 aliphatic rings. The molecular weight excluding hydrogens is 381 g/mol. The number of aromatic nitrogens is 3. The van der Waals surface area contributed by atoms with Crippen molar-refractivity contribution in [3.05, 3.63) is 77.9 Å². The summed E-state index contributed by atoms with van der Waals surface area (Å²) in [5.74, 6) is 2.36. The molecular formula is C20H16FN3O3S. The Morgan fingerprint density at radius 1 is 0.964 bits per heavy atom. The SMILES string of the molecule is Cc1ccc(OCc2nnc(SCc3ncc(-c4ccc(F)cc4)o3)o2)cc1. The van der Waals surface area contributed by atoms with Crippen molar-refractivity contribution in [1.29, 1.82) is 0 Å². The number of hydrogen-bond acceptors (Lipinski definition) is 7. The molecule has 0 radical (unpaired) electrons. The van der Waals surface area contributed by atoms with Gasteiger partial charge in [0.05, 0.1) is 11.9 Å². The molecule has 8 heteroatoms. The van der Waals surface area contributed by atoms with Crippen LogP contribution in [0.3, 0.4) is 0 Å². The molecule has 0 atom stereocenters. The Balaban J connectivity index is 1.31. The Bertz CT molecular complexity index is 1050. The van der Waals surface area contributed by atoms with Gasteiger partial charge in [0.2, 0.25) is 5.89 Å². The third-order valence-corrected chi connectivity index (χ3v) is 4.64. The molecule has 0 saturated heterocycles. The van der Waals surface area contributed by atoms with Crippen molar-refractivity contribution in [1.82, 2.24) is 15.2 Å². The Morgan fingerprint density at radius 2 is 1.75 bits per heavy atom. The molecule has 0 saturated carbocycles. The minimum absolute atomic E-state index is 0.199. The number of oxazole rings is 1. The van der Waals surface area contributed by atoms with Crippen LogP contribution in [0.15, 0.2) is 68.8 Å². The molecule has 0 spiro atoms. The Hall–Kier alpha value is -3.13. The molecule has 2 aromatic carbocycles. The van der Waals surface area contributed by atoms with E-state index < -0.39 is 0 Å². The van der Waals surface area contributed by atoms with Crippen molar-refractivity contribution < 1.29 is 18.0 Å². The van der Waals surface area contributed by atoms with Gasteiger partial charge in [-0.15, -0.1) is 10.2 Å². The Kier molecular flexibility index (Phi) is 5.38. The summed E-state index contributed by atoms with van der Waals surface area (Å²) >= 11 is 1.32. The van der Waals surface area contributed by atoms with Crippen LogP contribution >= 0.6 is 11.8 Å². The van der Waals surface area contributed by atoms with Crippen molar-refractivity contribution in [2.24, 2.45) is 0 Å². The van der Waals surface area contributed by atoms with Crippen LogP contribution in [0.4, 0.5) is 4.39 Å². The lowest BCUT2D eigenvalue weighted by Crippen LogP contribution is -1.95. The number of thioether (sulfide) groups is 1. The standard InChI is InChI=1S/C20H16FN3O3S/c1-13-2-8-16(9-3-13)25-11-18-23-24-20(27-18)28-12-19-22-10-17(26-19)14-4-6-15(21)7-5-14/h2-10H,11-12H2,1H3. The average molecular weight is 397 g/mol. The fraction of sp³-hybridized carbons (Fsp3) is 0.150. The van der Waals surface area contributed by atoms with E-state index in [1.165, 1.54) is 23.9 Å². The summed E-state index contributed by atoms with van der Waals surface area (Å²) in [5, 5.41) is 8.37. The van der Waals surface area contributed by atoms with Gasteiger partial charge in [-0.3, -0.25) is 0 Å². The predicted molar refractivity (Wildman–Crippen MR) is 101 cm³/mol. The van der Waals surface area contributed by atoms with Gasteiger partial charge in [0.15, 0.2) is 12.4 Å². The third-order valence-electron chi connectivity index (χ3n) is 3.83. The smallest absolute Gasteiger partial charge is 0.277 e. The summed E-state index contributed by atoms with van der Waals surface area (Å²) in [5.41, 5.74) is 1.93. The van der Waals surface area contributed by atoms with Crippen molar-refractivity contribution in [3.8, 4) is 17.1 Å². The maximum atomic E-state index is 13.0. The predicted octanol–water partition coefficient (Wildman–Crippen LogP) is 5.04. The fourth-order valence-corrected chi connectivity index (χ4v) is 3.02. The quantitative estimate of drug-likeness (QED) is 0.404. The van der Waals surface area contributed by atoms with Crippen LogP contribution in [0.5, 0.6) is 5.75 Å². The van der Waals surface area contributed by atoms with E-state index in [1.807, 2.05) is 31.2 Å². The first-order valence-corrected chi connectivity index (χ1v) is 9.49. The Labute approximate surface area is 164 Å². The van der Waals surface area contributed by atoms with E-state index in [9.17, 15) is 4.39 Å². The number of nitrogens with zero attached hydrogens (tertiary/aromatic N) is 3. The molecule has 0 aliphatic heterocycles. The van der Waals surface area contributed by atoms with E-state index >= 15 is 0 Å². The maximum Gasteiger partial charge on any atom is 0.277 e. The lowest BCUT2D eigenvalue weighted by Gasteiger charge is -2.02. The molecule has 0 fully saturated rings. The largest absolute Gasteiger partial charge is 0.484 e. The molecule has 2 aromatic heterocycles. The second-order valence-corrected chi connectivity index (χ2v) is 6.90. The number of halogens is 1. The van der Waals surface area contributed by atoms with Crippen molar-refractivity contribution in [2.75, 3.05) is 0 Å². The fourth-order valence-electron chi connectivity index (χ4n) is 2.38. The van der Waals surface area contributed by atoms with Gasteiger partial charge in [0.25, 0.3) is 11.1 Å². The van der Waals surface area contributed by atoms with Crippen LogP contribution in [0.1, 0.15) is 17.3 Å². The molecule has 0 N–H and O–H groups in total. The monoisotopic (exact) mass is 397 g/mol. The topological polar surface area (TPSA) is 74.2 Å². The van der Waals surface area contributed by atoms with Crippen LogP contribution in [-0.4, -0.2) is 15.2 Å². The van der Waals surface area contributed by atoms with Gasteiger partial charge in [0.1, 0.15) is 11.6 Å². The molecule has 0 amide bonds. The first kappa shape index (κ1) is 18.2. The third kappa shape index (κ3) is 4.58. The van der Waals surface area contributed by atoms with E-state index in [0.717, 1.165) is 16.9 Å². The minimum atomic E-state index is -0.294. The zero-order valence-electron chi connectivity index (χ0n) is 15.0. The second kappa shape index (κ2) is 8.26. The van der Waals surface area contributed by atoms with E-state index in [2.05, 4.69) is 15.2 Å². The number of hydrogen-bond donors (Lipinski definition) is 0. The maximum absolute atomic E-state index is 13.0. The normalized spacial score (nSPS) is 10.9. The van der Waals surface area contributed by atoms with E-state index in [4.69, 9.17) is 13.6 Å². The van der Waals surface area contributed by atoms with E-state index in [-0.39, 0.29) is 12.4 Å². The first-order valence-electron chi connectivity index (χ1n) is 8.51. The highest BCUT2D eigenvalue weighted by atomic mass is 32.2. The minimum Gasteiger partial charge on any atom is -0.484 e. The first-order chi connectivity index (χ1) is 13.7. The number of aryl methyl sites for hydroxylation is 1. The lowest BCUT2D eigenvalue weighted by molar-refractivity contribution is 0.252. The van der Waals surface area contributed by atoms with Crippen molar-refractivity contribution >= 4 is 11.8 Å². The number of ether oxygens (including phenoxy) is 1. The lowest BCUT2D eigenvalue weighted by atomic mass is 10.2. The van der Waals surface area contributed by atoms with E-state index in [0.29, 0.717) is 28.5 Å². The molecule has 0 unspecified atom stereocenters. The summed E-state index contributed by atoms with van der Waals surface area (Å²) in [7, 11) is 0. The van der Waals surface area contributed by atoms with Gasteiger partial charge in [-0.25, -0.2) is 9.37 Å². The molecule has 28 heavy (non-hydrogen) atoms. The Morgan fingerprint density at radius 3 is 2.54 bits per heavy atom. The molecule has 6 nitrogen and oxygen atoms in total. The van der Waals surface area contributed by atoms with Gasteiger partial charge < -0.3 is 13.6 Å². The summed E-state index contributed by atoms with van der Waals surface area (Å²) in [6.07, 6.45) is 1.61. The molecule has 4 rings (SSSR count). The van der Waals surface area contributed by atoms with Gasteiger partial charge in [-0.05, 0) is 43.3 Å². The molecule has 142 valence electrons. The van der Waals surface area contributed by atoms with Crippen LogP contribution in [-0.2, 0) is 12.4 Å². The van der Waals surface area contributed by atoms with Gasteiger partial charge in [-0.2, -0.15) is 0 Å². The van der Waals surface area contributed by atoms with Crippen molar-refractivity contribution in [3.63, 3.8) is 0 Å². The number of rotatable bonds is 7. The van der Waals surface area contributed by atoms with Crippen LogP contribution in [0, 0.1) is 12.7 Å². The van der Waals surface area contributed by atoms with Crippen LogP contribution in [0.2, 0.25) is 0 Å². The zero-order chi connectivity index (χ0) is 19.3. The zero-order valence-corrected chi connectivity index (χ0v) is 15.8. The van der Waals surface area contributed by atoms with Gasteiger partial charge >= 0.3 is 0 Å². The van der Waals surface area contributed by atoms with Crippen LogP contribution < -0.4 is 4.74 Å². The average Bonchev–Trinajstić information content (AvgIpc) is 3.36. The molecule has 2 heterocycles. The van der Waals surface area contributed by atoms with E-state index in [1.54, 1.807) is 18.3 Å². The summed E-state index contributed by atoms with van der Waals surface area (Å²) in [6, 6.07) is 13.8. The summed E-state index contributed by atoms with van der Waals surface area (Å²) < 4.78 is 29.9. The molecule has 4 aromatic rings. The van der Waals surface area contributed by atoms with Gasteiger partial charge in [0, 0.05) is 5.56 Å². The highest BCUT2D eigenvalue weighted by Crippen LogP contribution is 2.25. The highest BCUT2D eigenvalue weighted by Gasteiger charge is 2.11. The molecule has 0 bridgehead atoms. The number of benzene rings is 2. The van der Waals surface area contributed by atoms with Gasteiger partial charge in [-0.1, -0.05) is 29.5 Å². The van der Waals surface area contributed by atoms with Crippen LogP contribution in [0.25, 0.3) is 11.3 Å².